The van der Waals surface area contributed by atoms with E-state index in [1.807, 2.05) is 28.6 Å². The summed E-state index contributed by atoms with van der Waals surface area (Å²) in [6.07, 6.45) is -2.89. The standard InChI is InChI=1S/C21H25F3N6O2S/c22-21(23,24)17-9-26-19(28-18(17)31)27-14-5-7-30(8-6-14)33(32)16-3-1-15(2-4-16)29-12-20(13-29)10-25-11-20/h1-4,9,14,25H,5-8,10-13H2,(H2,26,27,28,31). The molecule has 3 fully saturated rings. The Labute approximate surface area is 192 Å². The average molecular weight is 483 g/mol. The van der Waals surface area contributed by atoms with E-state index in [9.17, 15) is 22.8 Å². The highest BCUT2D eigenvalue weighted by Gasteiger charge is 2.47. The van der Waals surface area contributed by atoms with Crippen molar-refractivity contribution in [2.24, 2.45) is 5.41 Å². The minimum absolute atomic E-state index is 0.0545. The molecule has 33 heavy (non-hydrogen) atoms. The highest BCUT2D eigenvalue weighted by Crippen LogP contribution is 2.38. The van der Waals surface area contributed by atoms with Crippen LogP contribution in [0.15, 0.2) is 35.4 Å². The molecule has 178 valence electrons. The van der Waals surface area contributed by atoms with E-state index in [4.69, 9.17) is 0 Å². The fourth-order valence-electron chi connectivity index (χ4n) is 4.56. The topological polar surface area (TPSA) is 99.6 Å². The van der Waals surface area contributed by atoms with Crippen molar-refractivity contribution in [3.63, 3.8) is 0 Å². The molecule has 2 aromatic rings. The van der Waals surface area contributed by atoms with Crippen molar-refractivity contribution >= 4 is 23.0 Å². The summed E-state index contributed by atoms with van der Waals surface area (Å²) >= 11 is -1.28. The number of alkyl halides is 3. The fourth-order valence-corrected chi connectivity index (χ4v) is 5.77. The molecule has 1 aromatic carbocycles. The normalized spacial score (nSPS) is 22.0. The molecule has 1 atom stereocenters. The maximum atomic E-state index is 13.0. The van der Waals surface area contributed by atoms with Gasteiger partial charge in [-0.15, -0.1) is 4.31 Å². The minimum Gasteiger partial charge on any atom is -0.593 e. The van der Waals surface area contributed by atoms with Crippen molar-refractivity contribution in [2.75, 3.05) is 49.5 Å². The molecule has 0 amide bonds. The van der Waals surface area contributed by atoms with Crippen LogP contribution >= 0.6 is 0 Å². The van der Waals surface area contributed by atoms with Crippen molar-refractivity contribution in [3.8, 4) is 5.88 Å². The maximum Gasteiger partial charge on any atom is 0.423 e. The van der Waals surface area contributed by atoms with E-state index in [2.05, 4.69) is 25.5 Å². The van der Waals surface area contributed by atoms with Crippen LogP contribution in [-0.2, 0) is 17.5 Å². The molecule has 0 saturated carbocycles. The van der Waals surface area contributed by atoms with Crippen LogP contribution in [0, 0.1) is 5.41 Å². The van der Waals surface area contributed by atoms with Gasteiger partial charge in [-0.2, -0.15) is 18.2 Å². The predicted molar refractivity (Wildman–Crippen MR) is 117 cm³/mol. The number of hydrogen-bond acceptors (Lipinski definition) is 8. The molecule has 3 N–H and O–H groups in total. The van der Waals surface area contributed by atoms with E-state index in [1.54, 1.807) is 0 Å². The molecule has 1 unspecified atom stereocenters. The summed E-state index contributed by atoms with van der Waals surface area (Å²) in [4.78, 5) is 10.3. The Balaban J connectivity index is 1.12. The van der Waals surface area contributed by atoms with Gasteiger partial charge in [0.05, 0.1) is 11.4 Å². The Bertz CT molecular complexity index is 988. The van der Waals surface area contributed by atoms with E-state index in [0.29, 0.717) is 37.5 Å². The Hall–Kier alpha value is -2.28. The number of nitrogens with one attached hydrogen (secondary N) is 2. The van der Waals surface area contributed by atoms with Gasteiger partial charge in [-0.05, 0) is 37.1 Å². The van der Waals surface area contributed by atoms with Gasteiger partial charge in [0.25, 0.3) is 0 Å². The number of piperidine rings is 1. The lowest BCUT2D eigenvalue weighted by Crippen LogP contribution is -2.71. The second-order valence-electron chi connectivity index (χ2n) is 8.98. The summed E-state index contributed by atoms with van der Waals surface area (Å²) in [5.74, 6) is -1.15. The molecule has 4 heterocycles. The quantitative estimate of drug-likeness (QED) is 0.558. The third-order valence-electron chi connectivity index (χ3n) is 6.55. The number of anilines is 2. The first-order valence-electron chi connectivity index (χ1n) is 10.8. The van der Waals surface area contributed by atoms with E-state index in [-0.39, 0.29) is 12.0 Å². The second-order valence-corrected chi connectivity index (χ2v) is 10.5. The molecule has 5 rings (SSSR count). The summed E-state index contributed by atoms with van der Waals surface area (Å²) in [6.45, 7) is 5.40. The van der Waals surface area contributed by atoms with Crippen molar-refractivity contribution < 1.29 is 22.8 Å². The molecular formula is C21H25F3N6O2S. The van der Waals surface area contributed by atoms with E-state index in [0.717, 1.165) is 36.8 Å². The molecular weight excluding hydrogens is 457 g/mol. The molecule has 3 aliphatic rings. The molecule has 12 heteroatoms. The van der Waals surface area contributed by atoms with E-state index in [1.165, 1.54) is 0 Å². The first kappa shape index (κ1) is 22.5. The Morgan fingerprint density at radius 2 is 1.82 bits per heavy atom. The lowest BCUT2D eigenvalue weighted by molar-refractivity contribution is -0.139. The van der Waals surface area contributed by atoms with Gasteiger partial charge in [-0.3, -0.25) is 0 Å². The molecule has 1 aromatic heterocycles. The summed E-state index contributed by atoms with van der Waals surface area (Å²) in [5, 5.41) is 15.8. The van der Waals surface area contributed by atoms with Crippen LogP contribution in [0.4, 0.5) is 24.8 Å². The van der Waals surface area contributed by atoms with Gasteiger partial charge in [0.1, 0.15) is 5.56 Å². The van der Waals surface area contributed by atoms with Gasteiger partial charge < -0.3 is 25.2 Å². The number of aromatic hydroxyl groups is 1. The zero-order chi connectivity index (χ0) is 23.2. The van der Waals surface area contributed by atoms with Crippen LogP contribution in [0.1, 0.15) is 18.4 Å². The van der Waals surface area contributed by atoms with Crippen molar-refractivity contribution in [1.82, 2.24) is 19.6 Å². The van der Waals surface area contributed by atoms with Crippen LogP contribution in [0.5, 0.6) is 5.88 Å². The number of halogens is 3. The molecule has 3 aliphatic heterocycles. The Kier molecular flexibility index (Phi) is 5.79. The van der Waals surface area contributed by atoms with Gasteiger partial charge in [-0.25, -0.2) is 4.98 Å². The molecule has 0 bridgehead atoms. The first-order valence-corrected chi connectivity index (χ1v) is 12.0. The third kappa shape index (κ3) is 4.57. The second kappa shape index (κ2) is 8.49. The van der Waals surface area contributed by atoms with Crippen LogP contribution in [0.2, 0.25) is 0 Å². The zero-order valence-corrected chi connectivity index (χ0v) is 18.6. The first-order chi connectivity index (χ1) is 15.7. The van der Waals surface area contributed by atoms with Crippen LogP contribution in [0.25, 0.3) is 0 Å². The van der Waals surface area contributed by atoms with Crippen molar-refractivity contribution in [2.45, 2.75) is 30.0 Å². The lowest BCUT2D eigenvalue weighted by Gasteiger charge is -2.57. The lowest BCUT2D eigenvalue weighted by atomic mass is 9.74. The summed E-state index contributed by atoms with van der Waals surface area (Å²) < 4.78 is 53.1. The SMILES string of the molecule is [O-][S+](c1ccc(N2CC3(CNC3)C2)cc1)N1CCC(Nc2ncc(C(F)(F)F)c(O)n2)CC1. The van der Waals surface area contributed by atoms with Gasteiger partial charge in [0, 0.05) is 62.6 Å². The molecule has 3 saturated heterocycles. The van der Waals surface area contributed by atoms with Crippen LogP contribution in [-0.4, -0.2) is 69.2 Å². The van der Waals surface area contributed by atoms with Gasteiger partial charge in [0.15, 0.2) is 4.90 Å². The summed E-state index contributed by atoms with van der Waals surface area (Å²) in [5.41, 5.74) is 0.332. The molecule has 8 nitrogen and oxygen atoms in total. The number of hydrogen-bond donors (Lipinski definition) is 3. The Morgan fingerprint density at radius 3 is 2.36 bits per heavy atom. The van der Waals surface area contributed by atoms with Crippen LogP contribution in [0.3, 0.4) is 0 Å². The highest BCUT2D eigenvalue weighted by molar-refractivity contribution is 7.89. The summed E-state index contributed by atoms with van der Waals surface area (Å²) in [6, 6.07) is 7.79. The number of nitrogens with zero attached hydrogens (tertiary/aromatic N) is 4. The van der Waals surface area contributed by atoms with Crippen LogP contribution < -0.4 is 15.5 Å². The van der Waals surface area contributed by atoms with Gasteiger partial charge in [0.2, 0.25) is 11.8 Å². The minimum atomic E-state index is -4.71. The van der Waals surface area contributed by atoms with E-state index < -0.39 is 29.0 Å². The summed E-state index contributed by atoms with van der Waals surface area (Å²) in [7, 11) is 0. The molecule has 0 aliphatic carbocycles. The predicted octanol–water partition coefficient (Wildman–Crippen LogP) is 2.21. The number of rotatable bonds is 5. The maximum absolute atomic E-state index is 13.0. The molecule has 0 radical (unpaired) electrons. The zero-order valence-electron chi connectivity index (χ0n) is 17.8. The van der Waals surface area contributed by atoms with Crippen molar-refractivity contribution in [1.29, 1.82) is 0 Å². The smallest absolute Gasteiger partial charge is 0.423 e. The number of benzene rings is 1. The number of aromatic nitrogens is 2. The largest absolute Gasteiger partial charge is 0.593 e. The van der Waals surface area contributed by atoms with Gasteiger partial charge in [-0.1, -0.05) is 0 Å². The monoisotopic (exact) mass is 482 g/mol. The van der Waals surface area contributed by atoms with Crippen molar-refractivity contribution in [3.05, 3.63) is 36.0 Å². The average Bonchev–Trinajstić information content (AvgIpc) is 2.71. The van der Waals surface area contributed by atoms with E-state index >= 15 is 0 Å². The third-order valence-corrected chi connectivity index (χ3v) is 8.06. The molecule has 1 spiro atoms. The van der Waals surface area contributed by atoms with Gasteiger partial charge >= 0.3 is 6.18 Å². The Morgan fingerprint density at radius 1 is 1.15 bits per heavy atom. The highest BCUT2D eigenvalue weighted by atomic mass is 32.2. The fraction of sp³-hybridized carbons (Fsp3) is 0.524.